The quantitative estimate of drug-likeness (QED) is 0.793. The van der Waals surface area contributed by atoms with E-state index in [2.05, 4.69) is 10.1 Å². The Morgan fingerprint density at radius 2 is 2.09 bits per heavy atom. The second kappa shape index (κ2) is 7.91. The molecule has 1 aromatic heterocycles. The largest absolute Gasteiger partial charge is 0.434 e. The van der Waals surface area contributed by atoms with Crippen LogP contribution in [0.1, 0.15) is 10.4 Å². The number of ether oxygens (including phenoxy) is 1. The fourth-order valence-corrected chi connectivity index (χ4v) is 2.69. The van der Waals surface area contributed by atoms with Crippen molar-refractivity contribution in [1.29, 1.82) is 0 Å². The summed E-state index contributed by atoms with van der Waals surface area (Å²) in [6.07, 6.45) is 2.69. The van der Waals surface area contributed by atoms with E-state index in [-0.39, 0.29) is 11.7 Å². The van der Waals surface area contributed by atoms with Crippen molar-refractivity contribution >= 4 is 34.9 Å². The van der Waals surface area contributed by atoms with Gasteiger partial charge in [0, 0.05) is 16.5 Å². The molecule has 1 aromatic carbocycles. The van der Waals surface area contributed by atoms with Gasteiger partial charge in [0.15, 0.2) is 0 Å². The minimum atomic E-state index is -2.91. The Kier molecular flexibility index (Phi) is 5.91. The van der Waals surface area contributed by atoms with E-state index in [1.54, 1.807) is 24.3 Å². The number of carbonyl (C=O) groups excluding carboxylic acids is 1. The highest BCUT2D eigenvalue weighted by Crippen LogP contribution is 2.22. The molecule has 0 unspecified atom stereocenters. The molecule has 0 aliphatic rings. The van der Waals surface area contributed by atoms with Crippen molar-refractivity contribution in [1.82, 2.24) is 5.32 Å². The molecule has 0 aliphatic heterocycles. The van der Waals surface area contributed by atoms with Gasteiger partial charge in [-0.05, 0) is 24.3 Å². The van der Waals surface area contributed by atoms with E-state index >= 15 is 0 Å². The Morgan fingerprint density at radius 3 is 2.77 bits per heavy atom. The van der Waals surface area contributed by atoms with Crippen LogP contribution in [0.3, 0.4) is 0 Å². The monoisotopic (exact) mass is 343 g/mol. The van der Waals surface area contributed by atoms with Gasteiger partial charge in [-0.3, -0.25) is 4.79 Å². The maximum absolute atomic E-state index is 12.3. The first-order valence-corrected chi connectivity index (χ1v) is 7.48. The van der Waals surface area contributed by atoms with Crippen molar-refractivity contribution < 1.29 is 18.3 Å². The van der Waals surface area contributed by atoms with Crippen LogP contribution in [0.2, 0.25) is 4.34 Å². The van der Waals surface area contributed by atoms with Crippen LogP contribution in [-0.4, -0.2) is 12.5 Å². The van der Waals surface area contributed by atoms with Gasteiger partial charge in [-0.1, -0.05) is 29.8 Å². The summed E-state index contributed by atoms with van der Waals surface area (Å²) in [6, 6.07) is 9.82. The molecule has 0 bridgehead atoms. The van der Waals surface area contributed by atoms with Crippen molar-refractivity contribution in [3.8, 4) is 5.75 Å². The Bertz CT molecular complexity index is 673. The van der Waals surface area contributed by atoms with Crippen LogP contribution in [0, 0.1) is 0 Å². The van der Waals surface area contributed by atoms with Gasteiger partial charge in [-0.2, -0.15) is 8.78 Å². The molecule has 3 nitrogen and oxygen atoms in total. The van der Waals surface area contributed by atoms with E-state index in [0.717, 1.165) is 4.88 Å². The summed E-state index contributed by atoms with van der Waals surface area (Å²) in [4.78, 5) is 12.6. The third kappa shape index (κ3) is 5.13. The molecule has 0 atom stereocenters. The lowest BCUT2D eigenvalue weighted by Crippen LogP contribution is -2.19. The zero-order chi connectivity index (χ0) is 15.9. The van der Waals surface area contributed by atoms with Gasteiger partial charge >= 0.3 is 6.61 Å². The SMILES string of the molecule is O=C(/C=C/c1ccccc1OC(F)F)NCc1ccc(Cl)s1. The molecule has 0 aliphatic carbocycles. The summed E-state index contributed by atoms with van der Waals surface area (Å²) in [5, 5.41) is 2.68. The van der Waals surface area contributed by atoms with Gasteiger partial charge in [-0.25, -0.2) is 0 Å². The molecule has 116 valence electrons. The van der Waals surface area contributed by atoms with Crippen molar-refractivity contribution in [2.45, 2.75) is 13.2 Å². The van der Waals surface area contributed by atoms with E-state index in [1.165, 1.54) is 29.6 Å². The molecule has 2 rings (SSSR count). The zero-order valence-electron chi connectivity index (χ0n) is 11.3. The van der Waals surface area contributed by atoms with Crippen molar-refractivity contribution in [2.75, 3.05) is 0 Å². The Hall–Kier alpha value is -1.92. The lowest BCUT2D eigenvalue weighted by Gasteiger charge is -2.07. The average molecular weight is 344 g/mol. The number of alkyl halides is 2. The van der Waals surface area contributed by atoms with E-state index in [4.69, 9.17) is 11.6 Å². The molecular formula is C15H12ClF2NO2S. The van der Waals surface area contributed by atoms with E-state index in [0.29, 0.717) is 16.4 Å². The number of para-hydroxylation sites is 1. The van der Waals surface area contributed by atoms with Gasteiger partial charge in [0.1, 0.15) is 5.75 Å². The van der Waals surface area contributed by atoms with Gasteiger partial charge in [0.2, 0.25) is 5.91 Å². The number of rotatable bonds is 6. The summed E-state index contributed by atoms with van der Waals surface area (Å²) < 4.78 is 29.6. The lowest BCUT2D eigenvalue weighted by molar-refractivity contribution is -0.116. The number of benzene rings is 1. The molecule has 1 amide bonds. The van der Waals surface area contributed by atoms with E-state index < -0.39 is 6.61 Å². The highest BCUT2D eigenvalue weighted by molar-refractivity contribution is 7.16. The normalized spacial score (nSPS) is 11.1. The maximum Gasteiger partial charge on any atom is 0.387 e. The van der Waals surface area contributed by atoms with Gasteiger partial charge in [-0.15, -0.1) is 11.3 Å². The molecule has 1 heterocycles. The van der Waals surface area contributed by atoms with Crippen LogP contribution in [0.15, 0.2) is 42.5 Å². The maximum atomic E-state index is 12.3. The number of halogens is 3. The Labute approximate surface area is 135 Å². The molecule has 22 heavy (non-hydrogen) atoms. The van der Waals surface area contributed by atoms with Gasteiger partial charge in [0.25, 0.3) is 0 Å². The minimum Gasteiger partial charge on any atom is -0.434 e. The fourth-order valence-electron chi connectivity index (χ4n) is 1.67. The number of hydrogen-bond donors (Lipinski definition) is 1. The first-order valence-electron chi connectivity index (χ1n) is 6.28. The topological polar surface area (TPSA) is 38.3 Å². The number of nitrogens with one attached hydrogen (secondary N) is 1. The highest BCUT2D eigenvalue weighted by Gasteiger charge is 2.07. The van der Waals surface area contributed by atoms with Crippen LogP contribution in [0.5, 0.6) is 5.75 Å². The number of thiophene rings is 1. The van der Waals surface area contributed by atoms with Gasteiger partial charge in [0.05, 0.1) is 10.9 Å². The predicted molar refractivity (Wildman–Crippen MR) is 83.3 cm³/mol. The smallest absolute Gasteiger partial charge is 0.387 e. The van der Waals surface area contributed by atoms with Crippen LogP contribution >= 0.6 is 22.9 Å². The fraction of sp³-hybridized carbons (Fsp3) is 0.133. The first kappa shape index (κ1) is 16.5. The molecule has 1 N–H and O–H groups in total. The number of carbonyl (C=O) groups is 1. The van der Waals surface area contributed by atoms with E-state index in [1.807, 2.05) is 6.07 Å². The average Bonchev–Trinajstić information content (AvgIpc) is 2.89. The molecule has 2 aromatic rings. The Morgan fingerprint density at radius 1 is 1.32 bits per heavy atom. The molecule has 0 saturated heterocycles. The zero-order valence-corrected chi connectivity index (χ0v) is 12.8. The van der Waals surface area contributed by atoms with Crippen molar-refractivity contribution in [3.05, 3.63) is 57.3 Å². The van der Waals surface area contributed by atoms with Crippen molar-refractivity contribution in [2.24, 2.45) is 0 Å². The molecule has 0 spiro atoms. The standard InChI is InChI=1S/C15H12ClF2NO2S/c16-13-7-6-11(22-13)9-19-14(20)8-5-10-3-1-2-4-12(10)21-15(17)18/h1-8,15H,9H2,(H,19,20)/b8-5+. The minimum absolute atomic E-state index is 0.0200. The Balaban J connectivity index is 1.94. The third-order valence-corrected chi connectivity index (χ3v) is 3.85. The number of hydrogen-bond acceptors (Lipinski definition) is 3. The summed E-state index contributed by atoms with van der Waals surface area (Å²) in [6.45, 7) is -2.55. The van der Waals surface area contributed by atoms with Crippen LogP contribution in [-0.2, 0) is 11.3 Å². The van der Waals surface area contributed by atoms with Crippen LogP contribution < -0.4 is 10.1 Å². The molecule has 7 heteroatoms. The molecular weight excluding hydrogens is 332 g/mol. The summed E-state index contributed by atoms with van der Waals surface area (Å²) in [7, 11) is 0. The second-order valence-electron chi connectivity index (χ2n) is 4.17. The number of amides is 1. The van der Waals surface area contributed by atoms with Gasteiger partial charge < -0.3 is 10.1 Å². The summed E-state index contributed by atoms with van der Waals surface area (Å²) in [5.74, 6) is -0.317. The second-order valence-corrected chi connectivity index (χ2v) is 5.97. The predicted octanol–water partition coefficient (Wildman–Crippen LogP) is 4.33. The molecule has 0 saturated carbocycles. The third-order valence-electron chi connectivity index (χ3n) is 2.62. The molecule has 0 fully saturated rings. The summed E-state index contributed by atoms with van der Waals surface area (Å²) >= 11 is 7.17. The van der Waals surface area contributed by atoms with Crippen LogP contribution in [0.25, 0.3) is 6.08 Å². The first-order chi connectivity index (χ1) is 10.5. The molecule has 0 radical (unpaired) electrons. The lowest BCUT2D eigenvalue weighted by atomic mass is 10.2. The van der Waals surface area contributed by atoms with Crippen molar-refractivity contribution in [3.63, 3.8) is 0 Å². The highest BCUT2D eigenvalue weighted by atomic mass is 35.5. The summed E-state index contributed by atoms with van der Waals surface area (Å²) in [5.41, 5.74) is 0.400. The van der Waals surface area contributed by atoms with Crippen LogP contribution in [0.4, 0.5) is 8.78 Å². The van der Waals surface area contributed by atoms with E-state index in [9.17, 15) is 13.6 Å².